The topological polar surface area (TPSA) is 88.3 Å². The molecule has 0 saturated heterocycles. The Balaban J connectivity index is 1.61. The Kier molecular flexibility index (Phi) is 5.65. The lowest BCUT2D eigenvalue weighted by molar-refractivity contribution is 0.0963. The van der Waals surface area contributed by atoms with Gasteiger partial charge >= 0.3 is 0 Å². The Morgan fingerprint density at radius 1 is 1.13 bits per heavy atom. The van der Waals surface area contributed by atoms with Gasteiger partial charge in [0.1, 0.15) is 11.3 Å². The number of fused-ring (bicyclic) bond motifs is 1. The molecule has 31 heavy (non-hydrogen) atoms. The molecule has 1 amide bonds. The number of rotatable bonds is 4. The number of halogens is 1. The number of ketones is 1. The van der Waals surface area contributed by atoms with Gasteiger partial charge < -0.3 is 15.0 Å². The van der Waals surface area contributed by atoms with Gasteiger partial charge in [0.15, 0.2) is 5.78 Å². The predicted molar refractivity (Wildman–Crippen MR) is 120 cm³/mol. The summed E-state index contributed by atoms with van der Waals surface area (Å²) in [6.07, 6.45) is 0.817. The van der Waals surface area contributed by atoms with Crippen LogP contribution < -0.4 is 15.6 Å². The number of H-pyrrole nitrogens is 1. The third-order valence-electron chi connectivity index (χ3n) is 5.65. The highest BCUT2D eigenvalue weighted by molar-refractivity contribution is 6.31. The zero-order valence-electron chi connectivity index (χ0n) is 17.1. The van der Waals surface area contributed by atoms with Gasteiger partial charge in [-0.25, -0.2) is 0 Å². The van der Waals surface area contributed by atoms with Crippen LogP contribution in [0.25, 0.3) is 0 Å². The summed E-state index contributed by atoms with van der Waals surface area (Å²) in [7, 11) is 1.60. The van der Waals surface area contributed by atoms with Gasteiger partial charge in [0.2, 0.25) is 0 Å². The lowest BCUT2D eigenvalue weighted by Crippen LogP contribution is -2.29. The monoisotopic (exact) mass is 436 g/mol. The highest BCUT2D eigenvalue weighted by atomic mass is 35.5. The van der Waals surface area contributed by atoms with Gasteiger partial charge in [0.05, 0.1) is 7.11 Å². The molecule has 0 fully saturated rings. The summed E-state index contributed by atoms with van der Waals surface area (Å²) in [5, 5.41) is 3.22. The summed E-state index contributed by atoms with van der Waals surface area (Å²) in [6, 6.07) is 14.1. The smallest absolute Gasteiger partial charge is 0.261 e. The Hall–Kier alpha value is -3.38. The number of ether oxygens (including phenoxy) is 1. The van der Waals surface area contributed by atoms with Crippen LogP contribution in [-0.4, -0.2) is 23.8 Å². The predicted octanol–water partition coefficient (Wildman–Crippen LogP) is 4.51. The molecule has 2 aromatic carbocycles. The van der Waals surface area contributed by atoms with Gasteiger partial charge in [0.25, 0.3) is 11.5 Å². The van der Waals surface area contributed by atoms with E-state index < -0.39 is 11.5 Å². The van der Waals surface area contributed by atoms with Crippen LogP contribution >= 0.6 is 11.6 Å². The van der Waals surface area contributed by atoms with Gasteiger partial charge in [-0.1, -0.05) is 29.8 Å². The van der Waals surface area contributed by atoms with Crippen molar-refractivity contribution in [1.82, 2.24) is 4.98 Å². The number of amides is 1. The fraction of sp³-hybridized carbons (Fsp3) is 0.208. The Morgan fingerprint density at radius 2 is 1.87 bits per heavy atom. The molecule has 0 bridgehead atoms. The van der Waals surface area contributed by atoms with Crippen molar-refractivity contribution in [3.63, 3.8) is 0 Å². The van der Waals surface area contributed by atoms with Crippen LogP contribution in [-0.2, 0) is 6.42 Å². The maximum Gasteiger partial charge on any atom is 0.261 e. The van der Waals surface area contributed by atoms with Crippen molar-refractivity contribution >= 4 is 29.0 Å². The largest absolute Gasteiger partial charge is 0.497 e. The van der Waals surface area contributed by atoms with Crippen molar-refractivity contribution in [3.8, 4) is 5.75 Å². The zero-order chi connectivity index (χ0) is 22.1. The van der Waals surface area contributed by atoms with Crippen LogP contribution in [0.1, 0.15) is 49.9 Å². The second kappa shape index (κ2) is 8.40. The van der Waals surface area contributed by atoms with E-state index in [1.54, 1.807) is 32.2 Å². The Labute approximate surface area is 184 Å². The van der Waals surface area contributed by atoms with Crippen molar-refractivity contribution in [2.45, 2.75) is 25.7 Å². The number of benzene rings is 2. The van der Waals surface area contributed by atoms with Gasteiger partial charge in [-0.15, -0.1) is 0 Å². The van der Waals surface area contributed by atoms with E-state index in [4.69, 9.17) is 16.3 Å². The average molecular weight is 437 g/mol. The number of hydrogen-bond acceptors (Lipinski definition) is 4. The van der Waals surface area contributed by atoms with E-state index in [-0.39, 0.29) is 17.3 Å². The molecule has 0 unspecified atom stereocenters. The summed E-state index contributed by atoms with van der Waals surface area (Å²) in [5.41, 5.74) is 2.52. The standard InChI is InChI=1S/C24H21ClN2O4/c1-13-19(25)4-3-5-20(13)26-23(29)18-12-17-21(27-24(18)30)10-15(11-22(17)28)14-6-8-16(31-2)9-7-14/h3-9,12,15H,10-11H2,1-2H3,(H,26,29)(H,27,30)/t15-/m0/s1. The minimum Gasteiger partial charge on any atom is -0.497 e. The lowest BCUT2D eigenvalue weighted by Gasteiger charge is -2.24. The highest BCUT2D eigenvalue weighted by Crippen LogP contribution is 2.32. The summed E-state index contributed by atoms with van der Waals surface area (Å²) in [4.78, 5) is 41.0. The van der Waals surface area contributed by atoms with E-state index in [2.05, 4.69) is 10.3 Å². The molecule has 4 rings (SSSR count). The van der Waals surface area contributed by atoms with Crippen LogP contribution in [0.4, 0.5) is 5.69 Å². The molecule has 1 atom stereocenters. The number of pyridine rings is 1. The number of carbonyl (C=O) groups excluding carboxylic acids is 2. The summed E-state index contributed by atoms with van der Waals surface area (Å²) in [6.45, 7) is 1.78. The van der Waals surface area contributed by atoms with Gasteiger partial charge in [-0.3, -0.25) is 14.4 Å². The first-order valence-electron chi connectivity index (χ1n) is 9.87. The maximum absolute atomic E-state index is 12.8. The number of aromatic nitrogens is 1. The van der Waals surface area contributed by atoms with E-state index in [9.17, 15) is 14.4 Å². The van der Waals surface area contributed by atoms with Gasteiger partial charge in [0, 0.05) is 28.4 Å². The zero-order valence-corrected chi connectivity index (χ0v) is 17.9. The van der Waals surface area contributed by atoms with Crippen molar-refractivity contribution in [3.05, 3.63) is 91.9 Å². The van der Waals surface area contributed by atoms with Crippen molar-refractivity contribution in [2.24, 2.45) is 0 Å². The van der Waals surface area contributed by atoms with Crippen molar-refractivity contribution in [1.29, 1.82) is 0 Å². The normalized spacial score (nSPS) is 15.3. The number of nitrogens with one attached hydrogen (secondary N) is 2. The summed E-state index contributed by atoms with van der Waals surface area (Å²) in [5.74, 6) is 0.00595. The molecule has 1 heterocycles. The van der Waals surface area contributed by atoms with E-state index in [1.165, 1.54) is 6.07 Å². The van der Waals surface area contributed by atoms with Gasteiger partial charge in [-0.2, -0.15) is 0 Å². The molecule has 0 aliphatic heterocycles. The fourth-order valence-corrected chi connectivity index (χ4v) is 4.02. The van der Waals surface area contributed by atoms with Gasteiger partial charge in [-0.05, 0) is 60.7 Å². The third kappa shape index (κ3) is 4.11. The van der Waals surface area contributed by atoms with E-state index in [0.717, 1.165) is 11.3 Å². The van der Waals surface area contributed by atoms with Crippen LogP contribution in [0, 0.1) is 6.92 Å². The third-order valence-corrected chi connectivity index (χ3v) is 6.06. The van der Waals surface area contributed by atoms with Crippen LogP contribution in [0.3, 0.4) is 0 Å². The van der Waals surface area contributed by atoms with Crippen LogP contribution in [0.2, 0.25) is 5.02 Å². The molecule has 158 valence electrons. The summed E-state index contributed by atoms with van der Waals surface area (Å²) >= 11 is 6.10. The average Bonchev–Trinajstić information content (AvgIpc) is 2.76. The Bertz CT molecular complexity index is 1230. The molecule has 1 aliphatic carbocycles. The van der Waals surface area contributed by atoms with E-state index in [1.807, 2.05) is 24.3 Å². The molecular formula is C24H21ClN2O4. The number of methoxy groups -OCH3 is 1. The molecular weight excluding hydrogens is 416 g/mol. The molecule has 6 nitrogen and oxygen atoms in total. The lowest BCUT2D eigenvalue weighted by atomic mass is 9.81. The van der Waals surface area contributed by atoms with Crippen LogP contribution in [0.15, 0.2) is 53.3 Å². The first-order valence-corrected chi connectivity index (χ1v) is 10.2. The number of aromatic amines is 1. The molecule has 1 aliphatic rings. The second-order valence-electron chi connectivity index (χ2n) is 7.57. The fourth-order valence-electron chi connectivity index (χ4n) is 3.84. The minimum absolute atomic E-state index is 0.0460. The quantitative estimate of drug-likeness (QED) is 0.629. The first-order chi connectivity index (χ1) is 14.9. The van der Waals surface area contributed by atoms with E-state index >= 15 is 0 Å². The molecule has 7 heteroatoms. The minimum atomic E-state index is -0.584. The molecule has 3 aromatic rings. The molecule has 0 spiro atoms. The summed E-state index contributed by atoms with van der Waals surface area (Å²) < 4.78 is 5.18. The first kappa shape index (κ1) is 20.9. The SMILES string of the molecule is COc1ccc([C@@H]2CC(=O)c3cc(C(=O)Nc4cccc(Cl)c4C)c(=O)[nH]c3C2)cc1. The second-order valence-corrected chi connectivity index (χ2v) is 7.98. The number of hydrogen-bond donors (Lipinski definition) is 2. The van der Waals surface area contributed by atoms with Crippen molar-refractivity contribution in [2.75, 3.05) is 12.4 Å². The maximum atomic E-state index is 12.8. The number of anilines is 1. The van der Waals surface area contributed by atoms with Crippen molar-refractivity contribution < 1.29 is 14.3 Å². The highest BCUT2D eigenvalue weighted by Gasteiger charge is 2.29. The number of Topliss-reactive ketones (excluding diaryl/α,β-unsaturated/α-hetero) is 1. The molecule has 0 saturated carbocycles. The Morgan fingerprint density at radius 3 is 2.58 bits per heavy atom. The van der Waals surface area contributed by atoms with E-state index in [0.29, 0.717) is 40.4 Å². The number of carbonyl (C=O) groups is 2. The molecule has 2 N–H and O–H groups in total. The van der Waals surface area contributed by atoms with Crippen LogP contribution in [0.5, 0.6) is 5.75 Å². The molecule has 0 radical (unpaired) electrons. The molecule has 1 aromatic heterocycles.